The van der Waals surface area contributed by atoms with Gasteiger partial charge in [-0.1, -0.05) is 52.1 Å². The molecular formula is C14H11Cl3N2O2. The van der Waals surface area contributed by atoms with Crippen LogP contribution in [-0.2, 0) is 6.61 Å². The second kappa shape index (κ2) is 6.89. The Labute approximate surface area is 136 Å². The smallest absolute Gasteiger partial charge is 0.175 e. The molecule has 0 saturated heterocycles. The number of ether oxygens (including phenoxy) is 1. The molecule has 0 atom stereocenters. The number of nitrogens with two attached hydrogens (primary N) is 1. The summed E-state index contributed by atoms with van der Waals surface area (Å²) in [6.45, 7) is 0.196. The molecular weight excluding hydrogens is 335 g/mol. The first-order valence-corrected chi connectivity index (χ1v) is 6.99. The Morgan fingerprint density at radius 3 is 2.57 bits per heavy atom. The van der Waals surface area contributed by atoms with Crippen LogP contribution in [0.3, 0.4) is 0 Å². The number of amidine groups is 1. The summed E-state index contributed by atoms with van der Waals surface area (Å²) in [5, 5.41) is 13.1. The molecule has 0 spiro atoms. The molecule has 0 heterocycles. The van der Waals surface area contributed by atoms with E-state index in [1.807, 2.05) is 0 Å². The molecule has 0 aliphatic carbocycles. The third-order valence-electron chi connectivity index (χ3n) is 2.74. The van der Waals surface area contributed by atoms with Crippen molar-refractivity contribution in [2.45, 2.75) is 6.61 Å². The lowest BCUT2D eigenvalue weighted by Gasteiger charge is -2.12. The monoisotopic (exact) mass is 344 g/mol. The van der Waals surface area contributed by atoms with Crippen LogP contribution in [0.1, 0.15) is 11.1 Å². The van der Waals surface area contributed by atoms with Crippen LogP contribution in [0.15, 0.2) is 41.6 Å². The lowest BCUT2D eigenvalue weighted by Crippen LogP contribution is -2.15. The van der Waals surface area contributed by atoms with Crippen LogP contribution in [0.4, 0.5) is 0 Å². The molecule has 2 aromatic carbocycles. The largest absolute Gasteiger partial charge is 0.488 e. The quantitative estimate of drug-likeness (QED) is 0.375. The number of hydrogen-bond donors (Lipinski definition) is 2. The fourth-order valence-corrected chi connectivity index (χ4v) is 2.44. The van der Waals surface area contributed by atoms with E-state index in [-0.39, 0.29) is 12.4 Å². The fourth-order valence-electron chi connectivity index (χ4n) is 1.72. The van der Waals surface area contributed by atoms with E-state index in [0.29, 0.717) is 26.4 Å². The minimum Gasteiger partial charge on any atom is -0.488 e. The van der Waals surface area contributed by atoms with E-state index in [0.717, 1.165) is 5.56 Å². The third-order valence-corrected chi connectivity index (χ3v) is 3.64. The summed E-state index contributed by atoms with van der Waals surface area (Å²) in [4.78, 5) is 0. The van der Waals surface area contributed by atoms with Crippen LogP contribution in [0.25, 0.3) is 0 Å². The molecule has 0 aliphatic rings. The molecule has 4 nitrogen and oxygen atoms in total. The number of hydrogen-bond acceptors (Lipinski definition) is 3. The average molecular weight is 346 g/mol. The molecule has 7 heteroatoms. The maximum absolute atomic E-state index is 8.81. The standard InChI is InChI=1S/C14H11Cl3N2O2/c15-9-5-4-8(11(17)6-9)7-21-12-3-1-2-10(16)13(12)14(18)19-20/h1-6,20H,7H2,(H2,18,19). The Hall–Kier alpha value is -1.62. The van der Waals surface area contributed by atoms with Gasteiger partial charge in [-0.05, 0) is 24.3 Å². The summed E-state index contributed by atoms with van der Waals surface area (Å²) in [5.74, 6) is 0.265. The molecule has 2 aromatic rings. The summed E-state index contributed by atoms with van der Waals surface area (Å²) in [7, 11) is 0. The van der Waals surface area contributed by atoms with Crippen molar-refractivity contribution in [1.82, 2.24) is 0 Å². The van der Waals surface area contributed by atoms with Gasteiger partial charge < -0.3 is 15.7 Å². The zero-order valence-corrected chi connectivity index (χ0v) is 13.0. The predicted molar refractivity (Wildman–Crippen MR) is 84.8 cm³/mol. The van der Waals surface area contributed by atoms with Crippen molar-refractivity contribution in [1.29, 1.82) is 0 Å². The van der Waals surface area contributed by atoms with Gasteiger partial charge in [0.1, 0.15) is 12.4 Å². The molecule has 0 amide bonds. The number of halogens is 3. The molecule has 0 aliphatic heterocycles. The second-order valence-electron chi connectivity index (χ2n) is 4.12. The highest BCUT2D eigenvalue weighted by atomic mass is 35.5. The minimum absolute atomic E-state index is 0.127. The van der Waals surface area contributed by atoms with Gasteiger partial charge in [-0.15, -0.1) is 0 Å². The maximum atomic E-state index is 8.81. The molecule has 0 saturated carbocycles. The van der Waals surface area contributed by atoms with E-state index in [1.54, 1.807) is 36.4 Å². The second-order valence-corrected chi connectivity index (χ2v) is 5.37. The Morgan fingerprint density at radius 2 is 1.90 bits per heavy atom. The van der Waals surface area contributed by atoms with Crippen molar-refractivity contribution < 1.29 is 9.94 Å². The highest BCUT2D eigenvalue weighted by Gasteiger charge is 2.13. The zero-order chi connectivity index (χ0) is 15.4. The Morgan fingerprint density at radius 1 is 1.14 bits per heavy atom. The molecule has 0 aromatic heterocycles. The topological polar surface area (TPSA) is 67.8 Å². The van der Waals surface area contributed by atoms with Gasteiger partial charge in [0, 0.05) is 15.6 Å². The molecule has 0 unspecified atom stereocenters. The lowest BCUT2D eigenvalue weighted by atomic mass is 10.2. The van der Waals surface area contributed by atoms with Gasteiger partial charge in [0.2, 0.25) is 0 Å². The minimum atomic E-state index is -0.127. The summed E-state index contributed by atoms with van der Waals surface area (Å²) >= 11 is 18.0. The van der Waals surface area contributed by atoms with E-state index < -0.39 is 0 Å². The number of benzene rings is 2. The SMILES string of the molecule is N/C(=N/O)c1c(Cl)cccc1OCc1ccc(Cl)cc1Cl. The highest BCUT2D eigenvalue weighted by Crippen LogP contribution is 2.28. The van der Waals surface area contributed by atoms with E-state index in [1.165, 1.54) is 0 Å². The predicted octanol–water partition coefficient (Wildman–Crippen LogP) is 4.32. The third kappa shape index (κ3) is 3.73. The Balaban J connectivity index is 2.26. The van der Waals surface area contributed by atoms with Gasteiger partial charge in [-0.2, -0.15) is 0 Å². The summed E-state index contributed by atoms with van der Waals surface area (Å²) in [5.41, 5.74) is 6.69. The Bertz CT molecular complexity index is 690. The summed E-state index contributed by atoms with van der Waals surface area (Å²) in [6.07, 6.45) is 0. The van der Waals surface area contributed by atoms with Gasteiger partial charge in [-0.25, -0.2) is 0 Å². The molecule has 0 bridgehead atoms. The van der Waals surface area contributed by atoms with Crippen LogP contribution in [0.2, 0.25) is 15.1 Å². The van der Waals surface area contributed by atoms with Gasteiger partial charge in [0.25, 0.3) is 0 Å². The first-order valence-electron chi connectivity index (χ1n) is 5.86. The van der Waals surface area contributed by atoms with Crippen LogP contribution >= 0.6 is 34.8 Å². The Kier molecular flexibility index (Phi) is 5.17. The van der Waals surface area contributed by atoms with Gasteiger partial charge >= 0.3 is 0 Å². The van der Waals surface area contributed by atoms with Crippen molar-refractivity contribution in [2.24, 2.45) is 10.9 Å². The molecule has 3 N–H and O–H groups in total. The van der Waals surface area contributed by atoms with E-state index >= 15 is 0 Å². The highest BCUT2D eigenvalue weighted by molar-refractivity contribution is 6.35. The fraction of sp³-hybridized carbons (Fsp3) is 0.0714. The van der Waals surface area contributed by atoms with Crippen molar-refractivity contribution in [3.8, 4) is 5.75 Å². The first-order chi connectivity index (χ1) is 10.0. The van der Waals surface area contributed by atoms with Crippen LogP contribution in [0, 0.1) is 0 Å². The summed E-state index contributed by atoms with van der Waals surface area (Å²) < 4.78 is 5.66. The average Bonchev–Trinajstić information content (AvgIpc) is 2.45. The normalized spacial score (nSPS) is 11.5. The van der Waals surface area contributed by atoms with E-state index in [4.69, 9.17) is 50.5 Å². The molecule has 110 valence electrons. The van der Waals surface area contributed by atoms with Crippen LogP contribution < -0.4 is 10.5 Å². The van der Waals surface area contributed by atoms with E-state index in [2.05, 4.69) is 5.16 Å². The van der Waals surface area contributed by atoms with Crippen molar-refractivity contribution in [3.05, 3.63) is 62.6 Å². The van der Waals surface area contributed by atoms with Gasteiger partial charge in [0.15, 0.2) is 5.84 Å². The van der Waals surface area contributed by atoms with Gasteiger partial charge in [0.05, 0.1) is 10.6 Å². The van der Waals surface area contributed by atoms with Crippen molar-refractivity contribution in [3.63, 3.8) is 0 Å². The number of rotatable bonds is 4. The number of oxime groups is 1. The molecule has 0 radical (unpaired) electrons. The van der Waals surface area contributed by atoms with E-state index in [9.17, 15) is 0 Å². The number of nitrogens with zero attached hydrogens (tertiary/aromatic N) is 1. The maximum Gasteiger partial charge on any atom is 0.175 e. The first kappa shape index (κ1) is 15.8. The van der Waals surface area contributed by atoms with Crippen LogP contribution in [-0.4, -0.2) is 11.0 Å². The zero-order valence-electron chi connectivity index (χ0n) is 10.7. The molecule has 2 rings (SSSR count). The molecule has 21 heavy (non-hydrogen) atoms. The summed E-state index contributed by atoms with van der Waals surface area (Å²) in [6, 6.07) is 10.1. The van der Waals surface area contributed by atoms with Crippen molar-refractivity contribution >= 4 is 40.6 Å². The lowest BCUT2D eigenvalue weighted by molar-refractivity contribution is 0.303. The van der Waals surface area contributed by atoms with Crippen LogP contribution in [0.5, 0.6) is 5.75 Å². The van der Waals surface area contributed by atoms with Gasteiger partial charge in [-0.3, -0.25) is 0 Å². The molecule has 0 fully saturated rings. The van der Waals surface area contributed by atoms with Crippen molar-refractivity contribution in [2.75, 3.05) is 0 Å².